The van der Waals surface area contributed by atoms with Crippen LogP contribution in [0.15, 0.2) is 40.9 Å². The van der Waals surface area contributed by atoms with Crippen LogP contribution >= 0.6 is 11.6 Å². The molecule has 2 N–H and O–H groups in total. The first-order valence-corrected chi connectivity index (χ1v) is 14.7. The number of aliphatic hydroxyl groups is 1. The van der Waals surface area contributed by atoms with Gasteiger partial charge in [-0.15, -0.1) is 0 Å². The molecule has 16 heteroatoms. The summed E-state index contributed by atoms with van der Waals surface area (Å²) in [6.45, 7) is 3.49. The number of methoxy groups -OCH3 is 1. The molecule has 1 unspecified atom stereocenters. The Morgan fingerprint density at radius 2 is 1.93 bits per heavy atom. The van der Waals surface area contributed by atoms with Crippen LogP contribution in [0.25, 0.3) is 11.0 Å². The number of halogens is 1. The van der Waals surface area contributed by atoms with Gasteiger partial charge in [-0.1, -0.05) is 30.2 Å². The van der Waals surface area contributed by atoms with E-state index in [9.17, 15) is 19.5 Å². The van der Waals surface area contributed by atoms with Crippen LogP contribution in [0.5, 0.6) is 5.75 Å². The molecule has 1 saturated carbocycles. The van der Waals surface area contributed by atoms with Crippen molar-refractivity contribution in [3.8, 4) is 5.75 Å². The lowest BCUT2D eigenvalue weighted by atomic mass is 9.46. The van der Waals surface area contributed by atoms with Gasteiger partial charge in [0.2, 0.25) is 12.3 Å². The Kier molecular flexibility index (Phi) is 12.3. The Labute approximate surface area is 275 Å². The van der Waals surface area contributed by atoms with E-state index in [0.29, 0.717) is 40.6 Å². The van der Waals surface area contributed by atoms with Crippen LogP contribution in [-0.2, 0) is 16.1 Å². The Bertz CT molecular complexity index is 1480. The second-order valence-electron chi connectivity index (χ2n) is 10.9. The molecule has 3 amide bonds. The number of nitrogens with zero attached hydrogens (tertiary/aromatic N) is 3. The number of benzene rings is 1. The van der Waals surface area contributed by atoms with E-state index >= 15 is 0 Å². The summed E-state index contributed by atoms with van der Waals surface area (Å²) >= 11 is 6.20. The number of hydrogen-bond acceptors (Lipinski definition) is 7. The van der Waals surface area contributed by atoms with Gasteiger partial charge in [-0.3, -0.25) is 19.4 Å². The number of rotatable bonds is 12. The molecule has 0 bridgehead atoms. The van der Waals surface area contributed by atoms with E-state index in [2.05, 4.69) is 10.3 Å². The van der Waals surface area contributed by atoms with Gasteiger partial charge in [0.1, 0.15) is 39.3 Å². The molecule has 0 aliphatic heterocycles. The summed E-state index contributed by atoms with van der Waals surface area (Å²) in [6.07, 6.45) is 5.70. The third-order valence-corrected chi connectivity index (χ3v) is 7.74. The molecule has 2 aromatic heterocycles. The summed E-state index contributed by atoms with van der Waals surface area (Å²) < 4.78 is 11.0. The molecule has 0 saturated heterocycles. The van der Waals surface area contributed by atoms with Crippen LogP contribution in [0.1, 0.15) is 67.3 Å². The average molecular weight is 622 g/mol. The SMILES string of the molecule is COc1cccnc1CNC=O.[B]C([B])([B])N(C(=O)CN(C(=O)c1oc2ccc(Cl)cc2c1C1CCC1)C(C)CC)C([B])([B])O. The maximum absolute atomic E-state index is 13.7. The predicted octanol–water partition coefficient (Wildman–Crippen LogP) is 1.82. The van der Waals surface area contributed by atoms with E-state index in [1.165, 1.54) is 4.90 Å². The molecule has 0 spiro atoms. The Morgan fingerprint density at radius 1 is 1.24 bits per heavy atom. The van der Waals surface area contributed by atoms with Gasteiger partial charge in [-0.05, 0) is 62.4 Å². The molecule has 1 aliphatic rings. The van der Waals surface area contributed by atoms with Crippen LogP contribution in [0.4, 0.5) is 0 Å². The number of ether oxygens (including phenoxy) is 1. The van der Waals surface area contributed by atoms with Gasteiger partial charge in [0.15, 0.2) is 5.76 Å². The molecule has 2 heterocycles. The maximum atomic E-state index is 13.7. The molecule has 3 aromatic rings. The number of fused-ring (bicyclic) bond motifs is 1. The zero-order chi connectivity index (χ0) is 33.5. The van der Waals surface area contributed by atoms with Gasteiger partial charge in [-0.2, -0.15) is 0 Å². The number of aromatic nitrogens is 1. The fourth-order valence-corrected chi connectivity index (χ4v) is 5.12. The molecule has 4 rings (SSSR count). The monoisotopic (exact) mass is 622 g/mol. The van der Waals surface area contributed by atoms with Crippen LogP contribution < -0.4 is 10.1 Å². The highest BCUT2D eigenvalue weighted by atomic mass is 35.5. The molecular weight excluding hydrogens is 590 g/mol. The summed E-state index contributed by atoms with van der Waals surface area (Å²) in [5.74, 6) is -0.453. The van der Waals surface area contributed by atoms with Crippen molar-refractivity contribution in [1.29, 1.82) is 0 Å². The minimum Gasteiger partial charge on any atom is -0.495 e. The van der Waals surface area contributed by atoms with Crippen molar-refractivity contribution < 1.29 is 28.6 Å². The third-order valence-electron chi connectivity index (χ3n) is 7.50. The topological polar surface area (TPSA) is 125 Å². The number of carbonyl (C=O) groups is 3. The van der Waals surface area contributed by atoms with E-state index in [-0.39, 0.29) is 17.7 Å². The van der Waals surface area contributed by atoms with Crippen LogP contribution in [0.3, 0.4) is 0 Å². The fourth-order valence-electron chi connectivity index (χ4n) is 4.95. The van der Waals surface area contributed by atoms with Crippen molar-refractivity contribution in [1.82, 2.24) is 20.1 Å². The van der Waals surface area contributed by atoms with Crippen molar-refractivity contribution in [3.63, 3.8) is 0 Å². The van der Waals surface area contributed by atoms with E-state index in [1.807, 2.05) is 6.92 Å². The lowest BCUT2D eigenvalue weighted by molar-refractivity contribution is -0.141. The first kappa shape index (κ1) is 36.2. The van der Waals surface area contributed by atoms with Crippen LogP contribution in [0, 0.1) is 0 Å². The van der Waals surface area contributed by atoms with Crippen molar-refractivity contribution in [2.75, 3.05) is 13.7 Å². The van der Waals surface area contributed by atoms with Gasteiger partial charge < -0.3 is 29.4 Å². The lowest BCUT2D eigenvalue weighted by Gasteiger charge is -2.47. The normalized spacial score (nSPS) is 14.0. The first-order chi connectivity index (χ1) is 21.1. The molecule has 10 nitrogen and oxygen atoms in total. The standard InChI is InChI=1S/C21H22B5ClN2O4.C8H10N2O2/c1-3-11(2)28(10-16(30)29(20(22,23)24)21(25,26)32)19(31)18-17(12-5-4-6-12)14-9-13(27)7-8-15(14)33-18;1-12-8-3-2-4-10-7(8)5-9-6-11/h7-9,11-12,32H,3-6,10H2,1-2H3;2-4,6H,5H2,1H3,(H,9,11). The first-order valence-electron chi connectivity index (χ1n) is 14.3. The second kappa shape index (κ2) is 15.3. The highest BCUT2D eigenvalue weighted by Crippen LogP contribution is 2.44. The smallest absolute Gasteiger partial charge is 0.290 e. The number of pyridine rings is 1. The molecule has 1 aromatic carbocycles. The number of carbonyl (C=O) groups excluding carboxylic acids is 3. The number of hydrogen-bond donors (Lipinski definition) is 2. The molecule has 1 aliphatic carbocycles. The number of furan rings is 1. The lowest BCUT2D eigenvalue weighted by Crippen LogP contribution is -2.67. The van der Waals surface area contributed by atoms with E-state index in [4.69, 9.17) is 60.0 Å². The fraction of sp³-hybridized carbons (Fsp3) is 0.448. The van der Waals surface area contributed by atoms with Crippen LogP contribution in [-0.4, -0.2) is 108 Å². The van der Waals surface area contributed by atoms with Gasteiger partial charge in [0.05, 0.1) is 37.2 Å². The summed E-state index contributed by atoms with van der Waals surface area (Å²) in [7, 11) is 29.3. The van der Waals surface area contributed by atoms with Crippen LogP contribution in [0.2, 0.25) is 5.02 Å². The van der Waals surface area contributed by atoms with Crippen molar-refractivity contribution in [3.05, 3.63) is 58.6 Å². The van der Waals surface area contributed by atoms with Gasteiger partial charge >= 0.3 is 0 Å². The molecular formula is C29H32B5ClN4O6. The Hall–Kier alpha value is -3.31. The highest BCUT2D eigenvalue weighted by Gasteiger charge is 2.39. The zero-order valence-corrected chi connectivity index (χ0v) is 26.3. The minimum absolute atomic E-state index is 0.145. The number of nitrogens with one attached hydrogen (secondary N) is 1. The predicted molar refractivity (Wildman–Crippen MR) is 176 cm³/mol. The summed E-state index contributed by atoms with van der Waals surface area (Å²) in [4.78, 5) is 42.4. The summed E-state index contributed by atoms with van der Waals surface area (Å²) in [5, 5.41) is 11.5. The third kappa shape index (κ3) is 8.91. The Balaban J connectivity index is 0.000000385. The maximum Gasteiger partial charge on any atom is 0.290 e. The number of amides is 3. The van der Waals surface area contributed by atoms with Crippen molar-refractivity contribution in [2.45, 2.75) is 68.8 Å². The molecule has 226 valence electrons. The second-order valence-corrected chi connectivity index (χ2v) is 11.3. The largest absolute Gasteiger partial charge is 0.495 e. The van der Waals surface area contributed by atoms with Gasteiger partial charge in [-0.25, -0.2) is 0 Å². The van der Waals surface area contributed by atoms with Crippen molar-refractivity contribution in [2.24, 2.45) is 0 Å². The quantitative estimate of drug-likeness (QED) is 0.180. The molecule has 1 atom stereocenters. The van der Waals surface area contributed by atoms with E-state index in [0.717, 1.165) is 35.9 Å². The highest BCUT2D eigenvalue weighted by molar-refractivity contribution is 6.60. The average Bonchev–Trinajstić information content (AvgIpc) is 3.30. The zero-order valence-electron chi connectivity index (χ0n) is 25.5. The van der Waals surface area contributed by atoms with E-state index in [1.54, 1.807) is 50.6 Å². The summed E-state index contributed by atoms with van der Waals surface area (Å²) in [5.41, 5.74) is -0.703. The minimum atomic E-state index is -2.74. The molecule has 45 heavy (non-hydrogen) atoms. The van der Waals surface area contributed by atoms with Gasteiger partial charge in [0, 0.05) is 33.7 Å². The Morgan fingerprint density at radius 3 is 2.47 bits per heavy atom. The van der Waals surface area contributed by atoms with Gasteiger partial charge in [0.25, 0.3) is 5.91 Å². The van der Waals surface area contributed by atoms with Crippen molar-refractivity contribution >= 4 is 80.0 Å². The van der Waals surface area contributed by atoms with E-state index < -0.39 is 29.1 Å². The summed E-state index contributed by atoms with van der Waals surface area (Å²) in [6, 6.07) is 8.37. The molecule has 1 fully saturated rings. The molecule has 10 radical (unpaired) electrons.